The molecule has 0 saturated carbocycles. The van der Waals surface area contributed by atoms with Crippen LogP contribution in [0.4, 0.5) is 0 Å². The second-order valence-corrected chi connectivity index (χ2v) is 5.75. The van der Waals surface area contributed by atoms with Crippen LogP contribution >= 0.6 is 0 Å². The van der Waals surface area contributed by atoms with E-state index in [0.717, 1.165) is 28.4 Å². The van der Waals surface area contributed by atoms with Crippen molar-refractivity contribution in [3.63, 3.8) is 0 Å². The summed E-state index contributed by atoms with van der Waals surface area (Å²) in [6.07, 6.45) is -0.542. The van der Waals surface area contributed by atoms with E-state index in [1.54, 1.807) is 0 Å². The zero-order valence-corrected chi connectivity index (χ0v) is 15.1. The molecule has 0 aliphatic carbocycles. The Balaban J connectivity index is 0.000000880. The van der Waals surface area contributed by atoms with Gasteiger partial charge in [0.25, 0.3) is 0 Å². The lowest BCUT2D eigenvalue weighted by atomic mass is 9.98. The number of hydrogen-bond donors (Lipinski definition) is 1. The molecule has 0 fully saturated rings. The molecule has 128 valence electrons. The quantitative estimate of drug-likeness (QED) is 0.738. The van der Waals surface area contributed by atoms with Crippen molar-refractivity contribution in [2.24, 2.45) is 10.7 Å². The normalized spacial score (nSPS) is 15.2. The van der Waals surface area contributed by atoms with Gasteiger partial charge in [0, 0.05) is 11.1 Å². The third-order valence-electron chi connectivity index (χ3n) is 4.08. The Hall–Kier alpha value is -2.79. The van der Waals surface area contributed by atoms with Gasteiger partial charge < -0.3 is 5.73 Å². The standard InChI is InChI=1S/C18H17N5.C2H6/c1-11-8-9-15-14(10-11)16(13-6-4-3-5-7-13)20-17(19)18-22-21-12(2)23(15)18;1-2/h3-10,17H,19H2,1-2H3;1-2H3. The van der Waals surface area contributed by atoms with Gasteiger partial charge in [0.15, 0.2) is 12.0 Å². The van der Waals surface area contributed by atoms with E-state index in [2.05, 4.69) is 47.5 Å². The van der Waals surface area contributed by atoms with Crippen molar-refractivity contribution in [3.05, 3.63) is 76.9 Å². The number of nitrogens with two attached hydrogens (primary N) is 1. The third-order valence-corrected chi connectivity index (χ3v) is 4.08. The van der Waals surface area contributed by atoms with E-state index in [9.17, 15) is 0 Å². The number of aromatic nitrogens is 3. The monoisotopic (exact) mass is 333 g/mol. The summed E-state index contributed by atoms with van der Waals surface area (Å²) in [4.78, 5) is 4.75. The van der Waals surface area contributed by atoms with Gasteiger partial charge in [0.2, 0.25) is 0 Å². The van der Waals surface area contributed by atoms with E-state index in [1.807, 2.05) is 43.5 Å². The molecular weight excluding hydrogens is 310 g/mol. The summed E-state index contributed by atoms with van der Waals surface area (Å²) in [7, 11) is 0. The molecule has 1 aliphatic rings. The molecule has 0 spiro atoms. The molecule has 2 aromatic carbocycles. The highest BCUT2D eigenvalue weighted by Gasteiger charge is 2.25. The molecule has 0 saturated heterocycles. The second kappa shape index (κ2) is 6.99. The molecule has 0 amide bonds. The average Bonchev–Trinajstić information content (AvgIpc) is 2.98. The lowest BCUT2D eigenvalue weighted by Crippen LogP contribution is -2.13. The summed E-state index contributed by atoms with van der Waals surface area (Å²) in [6.45, 7) is 8.01. The van der Waals surface area contributed by atoms with E-state index < -0.39 is 6.17 Å². The first-order valence-electron chi connectivity index (χ1n) is 8.57. The Morgan fingerprint density at radius 1 is 0.960 bits per heavy atom. The minimum Gasteiger partial charge on any atom is -0.303 e. The van der Waals surface area contributed by atoms with Crippen LogP contribution in [-0.2, 0) is 0 Å². The summed E-state index contributed by atoms with van der Waals surface area (Å²) >= 11 is 0. The molecule has 1 atom stereocenters. The van der Waals surface area contributed by atoms with Crippen LogP contribution in [0.3, 0.4) is 0 Å². The van der Waals surface area contributed by atoms with Gasteiger partial charge in [-0.25, -0.2) is 0 Å². The molecule has 1 aliphatic heterocycles. The molecule has 1 aromatic heterocycles. The van der Waals surface area contributed by atoms with Gasteiger partial charge in [-0.3, -0.25) is 9.56 Å². The smallest absolute Gasteiger partial charge is 0.177 e. The number of aliphatic imine (C=N–C) groups is 1. The Morgan fingerprint density at radius 3 is 2.40 bits per heavy atom. The zero-order valence-electron chi connectivity index (χ0n) is 15.1. The first kappa shape index (κ1) is 17.0. The number of aryl methyl sites for hydroxylation is 2. The van der Waals surface area contributed by atoms with Crippen LogP contribution in [0.2, 0.25) is 0 Å². The largest absolute Gasteiger partial charge is 0.303 e. The molecule has 2 N–H and O–H groups in total. The van der Waals surface area contributed by atoms with Gasteiger partial charge in [-0.05, 0) is 26.0 Å². The van der Waals surface area contributed by atoms with Crippen molar-refractivity contribution in [1.29, 1.82) is 0 Å². The number of hydrogen-bond acceptors (Lipinski definition) is 4. The predicted octanol–water partition coefficient (Wildman–Crippen LogP) is 3.72. The summed E-state index contributed by atoms with van der Waals surface area (Å²) in [6, 6.07) is 16.4. The zero-order chi connectivity index (χ0) is 18.0. The highest BCUT2D eigenvalue weighted by atomic mass is 15.3. The highest BCUT2D eigenvalue weighted by Crippen LogP contribution is 2.29. The van der Waals surface area contributed by atoms with E-state index >= 15 is 0 Å². The lowest BCUT2D eigenvalue weighted by Gasteiger charge is -2.13. The molecule has 25 heavy (non-hydrogen) atoms. The van der Waals surface area contributed by atoms with Gasteiger partial charge in [0.05, 0.1) is 11.4 Å². The molecular formula is C20H23N5. The average molecular weight is 333 g/mol. The fourth-order valence-corrected chi connectivity index (χ4v) is 2.99. The fraction of sp³-hybridized carbons (Fsp3) is 0.250. The topological polar surface area (TPSA) is 69.1 Å². The Bertz CT molecular complexity index is 909. The summed E-state index contributed by atoms with van der Waals surface area (Å²) in [5.41, 5.74) is 11.5. The first-order valence-corrected chi connectivity index (χ1v) is 8.57. The number of rotatable bonds is 1. The SMILES string of the molecule is CC.Cc1ccc2c(c1)C(c1ccccc1)=NC(N)c1nnc(C)n1-2. The van der Waals surface area contributed by atoms with Crippen molar-refractivity contribution in [2.45, 2.75) is 33.9 Å². The minimum atomic E-state index is -0.542. The van der Waals surface area contributed by atoms with E-state index in [-0.39, 0.29) is 0 Å². The number of fused-ring (bicyclic) bond motifs is 3. The van der Waals surface area contributed by atoms with Gasteiger partial charge in [-0.15, -0.1) is 10.2 Å². The summed E-state index contributed by atoms with van der Waals surface area (Å²) in [5.74, 6) is 1.48. The van der Waals surface area contributed by atoms with Crippen molar-refractivity contribution in [3.8, 4) is 5.69 Å². The molecule has 4 rings (SSSR count). The predicted molar refractivity (Wildman–Crippen MR) is 101 cm³/mol. The fourth-order valence-electron chi connectivity index (χ4n) is 2.99. The molecule has 5 nitrogen and oxygen atoms in total. The summed E-state index contributed by atoms with van der Waals surface area (Å²) < 4.78 is 2.00. The van der Waals surface area contributed by atoms with Crippen LogP contribution < -0.4 is 5.73 Å². The van der Waals surface area contributed by atoms with Gasteiger partial charge in [-0.1, -0.05) is 55.8 Å². The maximum absolute atomic E-state index is 6.29. The van der Waals surface area contributed by atoms with Crippen molar-refractivity contribution in [1.82, 2.24) is 14.8 Å². The van der Waals surface area contributed by atoms with Gasteiger partial charge in [0.1, 0.15) is 5.82 Å². The third kappa shape index (κ3) is 2.98. The van der Waals surface area contributed by atoms with Crippen LogP contribution in [-0.4, -0.2) is 20.5 Å². The number of nitrogens with zero attached hydrogens (tertiary/aromatic N) is 4. The van der Waals surface area contributed by atoms with E-state index in [4.69, 9.17) is 10.7 Å². The van der Waals surface area contributed by atoms with Crippen molar-refractivity contribution >= 4 is 5.71 Å². The maximum atomic E-state index is 6.29. The molecule has 1 unspecified atom stereocenters. The maximum Gasteiger partial charge on any atom is 0.177 e. The number of benzene rings is 2. The molecule has 2 heterocycles. The Morgan fingerprint density at radius 2 is 1.68 bits per heavy atom. The van der Waals surface area contributed by atoms with E-state index in [0.29, 0.717) is 5.82 Å². The molecule has 3 aromatic rings. The summed E-state index contributed by atoms with van der Waals surface area (Å²) in [5, 5.41) is 8.40. The Labute approximate surface area is 148 Å². The molecule has 0 bridgehead atoms. The van der Waals surface area contributed by atoms with Gasteiger partial charge in [-0.2, -0.15) is 0 Å². The second-order valence-electron chi connectivity index (χ2n) is 5.75. The van der Waals surface area contributed by atoms with Crippen LogP contribution in [0.25, 0.3) is 5.69 Å². The van der Waals surface area contributed by atoms with E-state index in [1.165, 1.54) is 5.56 Å². The first-order chi connectivity index (χ1) is 12.1. The molecule has 5 heteroatoms. The minimum absolute atomic E-state index is 0.542. The van der Waals surface area contributed by atoms with Crippen LogP contribution in [0.1, 0.15) is 48.4 Å². The lowest BCUT2D eigenvalue weighted by molar-refractivity contribution is 0.691. The van der Waals surface area contributed by atoms with Crippen LogP contribution in [0.5, 0.6) is 0 Å². The van der Waals surface area contributed by atoms with Crippen molar-refractivity contribution < 1.29 is 0 Å². The molecule has 0 radical (unpaired) electrons. The Kier molecular flexibility index (Phi) is 4.76. The van der Waals surface area contributed by atoms with Crippen LogP contribution in [0, 0.1) is 13.8 Å². The van der Waals surface area contributed by atoms with Crippen LogP contribution in [0.15, 0.2) is 53.5 Å². The van der Waals surface area contributed by atoms with Crippen molar-refractivity contribution in [2.75, 3.05) is 0 Å². The highest BCUT2D eigenvalue weighted by molar-refractivity contribution is 6.15. The van der Waals surface area contributed by atoms with Gasteiger partial charge >= 0.3 is 0 Å².